The lowest BCUT2D eigenvalue weighted by Crippen LogP contribution is -1.99. The molecule has 0 unspecified atom stereocenters. The van der Waals surface area contributed by atoms with Gasteiger partial charge in [-0.1, -0.05) is 75.2 Å². The van der Waals surface area contributed by atoms with Crippen LogP contribution < -0.4 is 0 Å². The highest BCUT2D eigenvalue weighted by Crippen LogP contribution is 2.07. The number of carbonyl (C=O) groups is 1. The molecule has 2 aromatic rings. The molecule has 2 aromatic carbocycles. The van der Waals surface area contributed by atoms with Crippen molar-refractivity contribution in [2.24, 2.45) is 0 Å². The van der Waals surface area contributed by atoms with E-state index in [9.17, 15) is 4.79 Å². The smallest absolute Gasteiger partial charge is 0.342 e. The Hall–Kier alpha value is -2.35. The minimum absolute atomic E-state index is 0.344. The second kappa shape index (κ2) is 12.2. The summed E-state index contributed by atoms with van der Waals surface area (Å²) in [5, 5.41) is 0. The van der Waals surface area contributed by atoms with Crippen molar-refractivity contribution in [3.05, 3.63) is 77.0 Å². The summed E-state index contributed by atoms with van der Waals surface area (Å²) in [5.41, 5.74) is 3.88. The van der Waals surface area contributed by atoms with Gasteiger partial charge >= 0.3 is 5.97 Å². The molecule has 0 amide bonds. The minimum Gasteiger partial charge on any atom is -0.431 e. The molecular formula is C21H28O2. The van der Waals surface area contributed by atoms with E-state index in [4.69, 9.17) is 4.74 Å². The molecule has 2 nitrogen and oxygen atoms in total. The van der Waals surface area contributed by atoms with Crippen LogP contribution in [0.3, 0.4) is 0 Å². The fourth-order valence-corrected chi connectivity index (χ4v) is 1.61. The monoisotopic (exact) mass is 312 g/mol. The molecule has 0 aliphatic carbocycles. The molecule has 0 radical (unpaired) electrons. The summed E-state index contributed by atoms with van der Waals surface area (Å²) < 4.78 is 5.08. The van der Waals surface area contributed by atoms with Gasteiger partial charge in [0.1, 0.15) is 0 Å². The Labute approximate surface area is 140 Å². The highest BCUT2D eigenvalue weighted by molar-refractivity contribution is 5.90. The van der Waals surface area contributed by atoms with Crippen LogP contribution in [0.4, 0.5) is 0 Å². The van der Waals surface area contributed by atoms with Crippen molar-refractivity contribution in [1.82, 2.24) is 0 Å². The van der Waals surface area contributed by atoms with Gasteiger partial charge in [-0.25, -0.2) is 4.79 Å². The summed E-state index contributed by atoms with van der Waals surface area (Å²) in [7, 11) is 0. The third-order valence-corrected chi connectivity index (χ3v) is 2.80. The van der Waals surface area contributed by atoms with E-state index < -0.39 is 0 Å². The maximum atomic E-state index is 11.7. The van der Waals surface area contributed by atoms with Gasteiger partial charge in [0, 0.05) is 0 Å². The SMILES string of the molecule is CC.CC.Cc1ccc(C=COC(=O)c2ccc(C)cc2)cc1. The fourth-order valence-electron chi connectivity index (χ4n) is 1.61. The molecule has 0 aromatic heterocycles. The summed E-state index contributed by atoms with van der Waals surface area (Å²) in [6.45, 7) is 12.0. The van der Waals surface area contributed by atoms with Gasteiger partial charge in [0.15, 0.2) is 0 Å². The maximum Gasteiger partial charge on any atom is 0.342 e. The predicted molar refractivity (Wildman–Crippen MR) is 99.5 cm³/mol. The zero-order valence-electron chi connectivity index (χ0n) is 15.1. The lowest BCUT2D eigenvalue weighted by molar-refractivity contribution is 0.0665. The fraction of sp³-hybridized carbons (Fsp3) is 0.286. The van der Waals surface area contributed by atoms with Gasteiger partial charge in [0.05, 0.1) is 11.8 Å². The van der Waals surface area contributed by atoms with E-state index in [1.165, 1.54) is 11.8 Å². The zero-order valence-corrected chi connectivity index (χ0v) is 15.1. The molecule has 23 heavy (non-hydrogen) atoms. The third-order valence-electron chi connectivity index (χ3n) is 2.80. The first-order valence-corrected chi connectivity index (χ1v) is 8.16. The normalized spacial score (nSPS) is 9.30. The molecule has 2 heteroatoms. The Balaban J connectivity index is 0.00000112. The number of aryl methyl sites for hydroxylation is 2. The summed E-state index contributed by atoms with van der Waals surface area (Å²) >= 11 is 0. The Morgan fingerprint density at radius 2 is 1.22 bits per heavy atom. The first kappa shape index (κ1) is 20.7. The number of esters is 1. The molecule has 0 aliphatic heterocycles. The minimum atomic E-state index is -0.344. The number of hydrogen-bond acceptors (Lipinski definition) is 2. The Bertz CT molecular complexity index is 578. The molecular weight excluding hydrogens is 284 g/mol. The molecule has 0 aliphatic rings. The molecule has 124 valence electrons. The van der Waals surface area contributed by atoms with Crippen LogP contribution in [0.1, 0.15) is 54.7 Å². The summed E-state index contributed by atoms with van der Waals surface area (Å²) in [5.74, 6) is -0.344. The van der Waals surface area contributed by atoms with Gasteiger partial charge in [-0.3, -0.25) is 0 Å². The average molecular weight is 312 g/mol. The number of ether oxygens (including phenoxy) is 1. The zero-order chi connectivity index (χ0) is 17.7. The Kier molecular flexibility index (Phi) is 11.0. The van der Waals surface area contributed by atoms with E-state index >= 15 is 0 Å². The third kappa shape index (κ3) is 8.01. The van der Waals surface area contributed by atoms with Gasteiger partial charge in [-0.15, -0.1) is 0 Å². The van der Waals surface area contributed by atoms with E-state index in [-0.39, 0.29) is 5.97 Å². The number of benzene rings is 2. The van der Waals surface area contributed by atoms with E-state index in [0.717, 1.165) is 11.1 Å². The second-order valence-corrected chi connectivity index (χ2v) is 4.48. The van der Waals surface area contributed by atoms with Crippen molar-refractivity contribution in [2.75, 3.05) is 0 Å². The molecule has 0 saturated heterocycles. The molecule has 0 N–H and O–H groups in total. The largest absolute Gasteiger partial charge is 0.431 e. The maximum absolute atomic E-state index is 11.7. The summed E-state index contributed by atoms with van der Waals surface area (Å²) in [6.07, 6.45) is 3.19. The second-order valence-electron chi connectivity index (χ2n) is 4.48. The molecule has 0 atom stereocenters. The van der Waals surface area contributed by atoms with E-state index in [0.29, 0.717) is 5.56 Å². The molecule has 0 spiro atoms. The van der Waals surface area contributed by atoms with Gasteiger partial charge in [0.2, 0.25) is 0 Å². The van der Waals surface area contributed by atoms with E-state index in [2.05, 4.69) is 0 Å². The standard InChI is InChI=1S/C17H16O2.2C2H6/c1-13-3-7-15(8-4-13)11-12-19-17(18)16-9-5-14(2)6-10-16;2*1-2/h3-12H,1-2H3;2*1-2H3. The molecule has 0 saturated carbocycles. The van der Waals surface area contributed by atoms with Crippen LogP contribution in [0.5, 0.6) is 0 Å². The van der Waals surface area contributed by atoms with Crippen LogP contribution in [-0.4, -0.2) is 5.97 Å². The molecule has 2 rings (SSSR count). The van der Waals surface area contributed by atoms with Crippen molar-refractivity contribution in [3.63, 3.8) is 0 Å². The van der Waals surface area contributed by atoms with Crippen molar-refractivity contribution < 1.29 is 9.53 Å². The molecule has 0 fully saturated rings. The molecule has 0 heterocycles. The van der Waals surface area contributed by atoms with Gasteiger partial charge in [-0.2, -0.15) is 0 Å². The highest BCUT2D eigenvalue weighted by atomic mass is 16.5. The Morgan fingerprint density at radius 3 is 1.70 bits per heavy atom. The van der Waals surface area contributed by atoms with Crippen molar-refractivity contribution in [2.45, 2.75) is 41.5 Å². The van der Waals surface area contributed by atoms with Crippen molar-refractivity contribution >= 4 is 12.0 Å². The number of rotatable bonds is 3. The van der Waals surface area contributed by atoms with Crippen LogP contribution in [0.25, 0.3) is 6.08 Å². The average Bonchev–Trinajstić information content (AvgIpc) is 2.61. The van der Waals surface area contributed by atoms with Gasteiger partial charge < -0.3 is 4.74 Å². The van der Waals surface area contributed by atoms with Crippen LogP contribution >= 0.6 is 0 Å². The van der Waals surface area contributed by atoms with Crippen molar-refractivity contribution in [3.8, 4) is 0 Å². The van der Waals surface area contributed by atoms with E-state index in [1.54, 1.807) is 18.2 Å². The van der Waals surface area contributed by atoms with Gasteiger partial charge in [-0.05, 0) is 37.6 Å². The highest BCUT2D eigenvalue weighted by Gasteiger charge is 2.04. The van der Waals surface area contributed by atoms with Crippen LogP contribution in [0, 0.1) is 13.8 Å². The van der Waals surface area contributed by atoms with Crippen molar-refractivity contribution in [1.29, 1.82) is 0 Å². The number of carbonyl (C=O) groups excluding carboxylic acids is 1. The van der Waals surface area contributed by atoms with Gasteiger partial charge in [0.25, 0.3) is 0 Å². The summed E-state index contributed by atoms with van der Waals surface area (Å²) in [6, 6.07) is 15.3. The topological polar surface area (TPSA) is 26.3 Å². The Morgan fingerprint density at radius 1 is 0.783 bits per heavy atom. The lowest BCUT2D eigenvalue weighted by Gasteiger charge is -2.00. The summed E-state index contributed by atoms with van der Waals surface area (Å²) in [4.78, 5) is 11.7. The first-order valence-electron chi connectivity index (χ1n) is 8.16. The number of hydrogen-bond donors (Lipinski definition) is 0. The van der Waals surface area contributed by atoms with Crippen LogP contribution in [-0.2, 0) is 4.74 Å². The first-order chi connectivity index (χ1) is 11.1. The lowest BCUT2D eigenvalue weighted by atomic mass is 10.1. The van der Waals surface area contributed by atoms with Crippen LogP contribution in [0.15, 0.2) is 54.8 Å². The predicted octanol–water partition coefficient (Wildman–Crippen LogP) is 6.18. The van der Waals surface area contributed by atoms with E-state index in [1.807, 2.05) is 77.9 Å². The van der Waals surface area contributed by atoms with Crippen LogP contribution in [0.2, 0.25) is 0 Å². The quantitative estimate of drug-likeness (QED) is 0.499. The molecule has 0 bridgehead atoms.